The van der Waals surface area contributed by atoms with E-state index < -0.39 is 60.5 Å². The van der Waals surface area contributed by atoms with Gasteiger partial charge in [0, 0.05) is 6.07 Å². The number of benzene rings is 2. The van der Waals surface area contributed by atoms with Crippen molar-refractivity contribution >= 4 is 5.78 Å². The normalized spacial score (nSPS) is 30.5. The number of Topliss-reactive ketones (excluding diaryl/α,β-unsaturated/α-hetero) is 1. The molecular weight excluding hydrogens is 412 g/mol. The molecule has 2 heterocycles. The molecule has 10 heteroatoms. The number of phenols is 3. The molecule has 7 N–H and O–H groups in total. The van der Waals surface area contributed by atoms with Crippen molar-refractivity contribution in [2.24, 2.45) is 0 Å². The Hall–Kier alpha value is -2.89. The second-order valence-corrected chi connectivity index (χ2v) is 7.61. The van der Waals surface area contributed by atoms with Gasteiger partial charge in [-0.15, -0.1) is 0 Å². The number of hydrogen-bond acceptors (Lipinski definition) is 10. The van der Waals surface area contributed by atoms with Crippen LogP contribution in [-0.4, -0.2) is 72.6 Å². The highest BCUT2D eigenvalue weighted by Gasteiger charge is 2.47. The second-order valence-electron chi connectivity index (χ2n) is 7.61. The summed E-state index contributed by atoms with van der Waals surface area (Å²) in [4.78, 5) is 12.8. The van der Waals surface area contributed by atoms with Crippen molar-refractivity contribution in [3.8, 4) is 23.0 Å². The maximum Gasteiger partial charge on any atom is 0.174 e. The summed E-state index contributed by atoms with van der Waals surface area (Å²) < 4.78 is 11.2. The number of aliphatic hydroxyl groups excluding tert-OH is 4. The van der Waals surface area contributed by atoms with Crippen molar-refractivity contribution in [1.29, 1.82) is 0 Å². The molecule has 4 rings (SSSR count). The minimum Gasteiger partial charge on any atom is -0.508 e. The molecule has 0 unspecified atom stereocenters. The van der Waals surface area contributed by atoms with Crippen LogP contribution in [0.2, 0.25) is 0 Å². The van der Waals surface area contributed by atoms with Gasteiger partial charge < -0.3 is 45.2 Å². The molecule has 2 aliphatic rings. The largest absolute Gasteiger partial charge is 0.508 e. The minimum absolute atomic E-state index is 0.0470. The molecule has 31 heavy (non-hydrogen) atoms. The summed E-state index contributed by atoms with van der Waals surface area (Å²) in [7, 11) is 0. The monoisotopic (exact) mass is 434 g/mol. The number of carbonyl (C=O) groups excluding carboxylic acids is 1. The molecule has 10 nitrogen and oxygen atoms in total. The Morgan fingerprint density at radius 2 is 1.65 bits per heavy atom. The quantitative estimate of drug-likeness (QED) is 0.348. The van der Waals surface area contributed by atoms with Crippen molar-refractivity contribution < 1.29 is 50.0 Å². The summed E-state index contributed by atoms with van der Waals surface area (Å²) in [6.45, 7) is -0.690. The summed E-state index contributed by atoms with van der Waals surface area (Å²) in [6, 6.07) is 7.14. The lowest BCUT2D eigenvalue weighted by Crippen LogP contribution is -2.55. The van der Waals surface area contributed by atoms with Crippen molar-refractivity contribution in [3.05, 3.63) is 47.0 Å². The van der Waals surface area contributed by atoms with Gasteiger partial charge in [0.2, 0.25) is 0 Å². The Kier molecular flexibility index (Phi) is 5.50. The van der Waals surface area contributed by atoms with E-state index in [-0.39, 0.29) is 29.0 Å². The van der Waals surface area contributed by atoms with Crippen LogP contribution in [0.5, 0.6) is 23.0 Å². The van der Waals surface area contributed by atoms with Crippen molar-refractivity contribution in [2.45, 2.75) is 43.0 Å². The summed E-state index contributed by atoms with van der Waals surface area (Å²) in [5.74, 6) is -1.79. The number of aliphatic hydroxyl groups is 4. The first-order chi connectivity index (χ1) is 14.7. The number of carbonyl (C=O) groups is 1. The lowest BCUT2D eigenvalue weighted by Gasteiger charge is -2.40. The number of fused-ring (bicyclic) bond motifs is 1. The van der Waals surface area contributed by atoms with E-state index in [1.54, 1.807) is 12.1 Å². The fourth-order valence-corrected chi connectivity index (χ4v) is 3.97. The lowest BCUT2D eigenvalue weighted by atomic mass is 9.87. The van der Waals surface area contributed by atoms with Crippen LogP contribution in [0, 0.1) is 0 Å². The van der Waals surface area contributed by atoms with Crippen LogP contribution in [0.4, 0.5) is 0 Å². The maximum atomic E-state index is 12.8. The molecular formula is C21H22O10. The third kappa shape index (κ3) is 3.58. The maximum absolute atomic E-state index is 12.8. The molecule has 0 bridgehead atoms. The predicted molar refractivity (Wildman–Crippen MR) is 103 cm³/mol. The number of phenolic OH excluding ortho intramolecular Hbond substituents is 3. The van der Waals surface area contributed by atoms with E-state index in [0.29, 0.717) is 5.56 Å². The van der Waals surface area contributed by atoms with Crippen LogP contribution in [0.1, 0.15) is 40.1 Å². The molecule has 6 atom stereocenters. The van der Waals surface area contributed by atoms with E-state index in [2.05, 4.69) is 0 Å². The Labute approximate surface area is 176 Å². The van der Waals surface area contributed by atoms with Crippen LogP contribution in [0.3, 0.4) is 0 Å². The zero-order chi connectivity index (χ0) is 22.4. The van der Waals surface area contributed by atoms with Crippen LogP contribution in [0.25, 0.3) is 0 Å². The van der Waals surface area contributed by atoms with E-state index in [1.165, 1.54) is 12.1 Å². The molecule has 2 aromatic rings. The molecule has 0 saturated carbocycles. The smallest absolute Gasteiger partial charge is 0.174 e. The molecule has 1 saturated heterocycles. The van der Waals surface area contributed by atoms with E-state index in [1.807, 2.05) is 0 Å². The first kappa shape index (κ1) is 21.3. The van der Waals surface area contributed by atoms with Crippen LogP contribution in [-0.2, 0) is 4.74 Å². The van der Waals surface area contributed by atoms with Gasteiger partial charge >= 0.3 is 0 Å². The number of ketones is 1. The number of aromatic hydroxyl groups is 3. The molecule has 166 valence electrons. The van der Waals surface area contributed by atoms with E-state index in [4.69, 9.17) is 9.47 Å². The highest BCUT2D eigenvalue weighted by molar-refractivity contribution is 6.03. The summed E-state index contributed by atoms with van der Waals surface area (Å²) in [5, 5.41) is 70.4. The van der Waals surface area contributed by atoms with Crippen molar-refractivity contribution in [3.63, 3.8) is 0 Å². The van der Waals surface area contributed by atoms with Gasteiger partial charge in [-0.3, -0.25) is 4.79 Å². The zero-order valence-electron chi connectivity index (χ0n) is 16.1. The number of rotatable bonds is 3. The summed E-state index contributed by atoms with van der Waals surface area (Å²) in [5.41, 5.74) is 0.0178. The van der Waals surface area contributed by atoms with Crippen LogP contribution in [0.15, 0.2) is 30.3 Å². The standard InChI is InChI=1S/C21H22O10/c22-7-14-17(26)19(28)20(29)21(31-14)16-11(25)6-13-15(18(16)27)10(24)5-12(30-13)8-1-3-9(23)4-2-8/h1-4,6,12,14,17,19-23,25-29H,5,7H2/t12-,14+,17+,19-,20-,21+/m0/s1. The van der Waals surface area contributed by atoms with Gasteiger partial charge in [-0.2, -0.15) is 0 Å². The topological polar surface area (TPSA) is 177 Å². The van der Waals surface area contributed by atoms with E-state index in [9.17, 15) is 40.5 Å². The van der Waals surface area contributed by atoms with Crippen LogP contribution < -0.4 is 4.74 Å². The first-order valence-corrected chi connectivity index (χ1v) is 9.61. The Balaban J connectivity index is 1.72. The van der Waals surface area contributed by atoms with E-state index in [0.717, 1.165) is 6.07 Å². The number of ether oxygens (including phenoxy) is 2. The van der Waals surface area contributed by atoms with Gasteiger partial charge in [-0.05, 0) is 17.7 Å². The average Bonchev–Trinajstić information content (AvgIpc) is 2.73. The average molecular weight is 434 g/mol. The highest BCUT2D eigenvalue weighted by Crippen LogP contribution is 2.49. The highest BCUT2D eigenvalue weighted by atomic mass is 16.5. The van der Waals surface area contributed by atoms with Crippen molar-refractivity contribution in [2.75, 3.05) is 6.61 Å². The van der Waals surface area contributed by atoms with Gasteiger partial charge in [0.15, 0.2) is 5.78 Å². The zero-order valence-corrected chi connectivity index (χ0v) is 16.1. The fraction of sp³-hybridized carbons (Fsp3) is 0.381. The Morgan fingerprint density at radius 1 is 0.968 bits per heavy atom. The lowest BCUT2D eigenvalue weighted by molar-refractivity contribution is -0.232. The first-order valence-electron chi connectivity index (χ1n) is 9.61. The minimum atomic E-state index is -1.75. The molecule has 0 spiro atoms. The van der Waals surface area contributed by atoms with Gasteiger partial charge in [-0.1, -0.05) is 12.1 Å². The van der Waals surface area contributed by atoms with Gasteiger partial charge in [-0.25, -0.2) is 0 Å². The SMILES string of the molecule is O=C1C[C@@H](c2ccc(O)cc2)Oc2cc(O)c([C@H]3O[C@H](CO)[C@@H](O)[C@H](O)[C@@H]3O)c(O)c21. The van der Waals surface area contributed by atoms with Gasteiger partial charge in [0.25, 0.3) is 0 Å². The predicted octanol–water partition coefficient (Wildman–Crippen LogP) is 0.0248. The molecule has 0 aromatic heterocycles. The summed E-state index contributed by atoms with van der Waals surface area (Å²) >= 11 is 0. The third-order valence-corrected chi connectivity index (χ3v) is 5.64. The summed E-state index contributed by atoms with van der Waals surface area (Å²) in [6.07, 6.45) is -8.72. The van der Waals surface area contributed by atoms with Gasteiger partial charge in [0.05, 0.1) is 18.6 Å². The van der Waals surface area contributed by atoms with Crippen LogP contribution >= 0.6 is 0 Å². The van der Waals surface area contributed by atoms with E-state index >= 15 is 0 Å². The Bertz CT molecular complexity index is 987. The van der Waals surface area contributed by atoms with Gasteiger partial charge in [0.1, 0.15) is 65.2 Å². The Morgan fingerprint density at radius 3 is 2.29 bits per heavy atom. The van der Waals surface area contributed by atoms with Crippen molar-refractivity contribution in [1.82, 2.24) is 0 Å². The molecule has 1 fully saturated rings. The number of hydrogen-bond donors (Lipinski definition) is 7. The molecule has 2 aromatic carbocycles. The second kappa shape index (κ2) is 7.98. The third-order valence-electron chi connectivity index (χ3n) is 5.64. The molecule has 0 aliphatic carbocycles. The fourth-order valence-electron chi connectivity index (χ4n) is 3.97. The molecule has 0 radical (unpaired) electrons. The molecule has 2 aliphatic heterocycles. The molecule has 0 amide bonds.